The van der Waals surface area contributed by atoms with Crippen molar-refractivity contribution in [1.29, 1.82) is 5.26 Å². The number of nitriles is 1. The van der Waals surface area contributed by atoms with Crippen LogP contribution < -0.4 is 0 Å². The molecule has 1 saturated heterocycles. The number of ketones is 1. The fourth-order valence-corrected chi connectivity index (χ4v) is 3.50. The van der Waals surface area contributed by atoms with E-state index in [1.54, 1.807) is 24.3 Å². The van der Waals surface area contributed by atoms with Crippen LogP contribution in [0.15, 0.2) is 42.7 Å². The molecule has 0 saturated carbocycles. The van der Waals surface area contributed by atoms with Gasteiger partial charge in [-0.3, -0.25) is 14.6 Å². The van der Waals surface area contributed by atoms with E-state index in [2.05, 4.69) is 4.98 Å². The van der Waals surface area contributed by atoms with Gasteiger partial charge in [0.05, 0.1) is 12.6 Å². The molecular weight excluding hydrogens is 407 g/mol. The van der Waals surface area contributed by atoms with Crippen LogP contribution >= 0.6 is 0 Å². The normalized spacial score (nSPS) is 18.0. The molecule has 1 aliphatic heterocycles. The number of hydrogen-bond donors (Lipinski definition) is 0. The van der Waals surface area contributed by atoms with Crippen LogP contribution in [0.3, 0.4) is 0 Å². The molecule has 0 aliphatic carbocycles. The van der Waals surface area contributed by atoms with Gasteiger partial charge in [0.25, 0.3) is 5.92 Å². The van der Waals surface area contributed by atoms with Crippen LogP contribution in [0.4, 0.5) is 13.2 Å². The number of carbonyl (C=O) groups is 2. The van der Waals surface area contributed by atoms with Gasteiger partial charge < -0.3 is 4.90 Å². The summed E-state index contributed by atoms with van der Waals surface area (Å²) in [5, 5.41) is 9.02. The van der Waals surface area contributed by atoms with Crippen LogP contribution in [0.5, 0.6) is 0 Å². The Morgan fingerprint density at radius 2 is 1.97 bits per heavy atom. The molecule has 160 valence electrons. The highest BCUT2D eigenvalue weighted by atomic mass is 19.3. The number of nitrogens with zero attached hydrogens (tertiary/aromatic N) is 3. The second-order valence-corrected chi connectivity index (χ2v) is 7.45. The van der Waals surface area contributed by atoms with E-state index in [0.717, 1.165) is 16.0 Å². The van der Waals surface area contributed by atoms with Crippen molar-refractivity contribution in [3.63, 3.8) is 0 Å². The molecule has 2 heterocycles. The maximum absolute atomic E-state index is 13.5. The van der Waals surface area contributed by atoms with E-state index in [9.17, 15) is 22.8 Å². The number of allylic oxidation sites excluding steroid dienone is 1. The van der Waals surface area contributed by atoms with Crippen LogP contribution in [0.25, 0.3) is 11.6 Å². The molecule has 1 atom stereocenters. The van der Waals surface area contributed by atoms with E-state index in [-0.39, 0.29) is 24.4 Å². The average molecular weight is 427 g/mol. The Labute approximate surface area is 177 Å². The van der Waals surface area contributed by atoms with Gasteiger partial charge >= 0.3 is 0 Å². The number of hydrogen-bond acceptors (Lipinski definition) is 4. The van der Waals surface area contributed by atoms with Crippen molar-refractivity contribution >= 4 is 23.3 Å². The summed E-state index contributed by atoms with van der Waals surface area (Å²) in [5.41, 5.74) is 2.43. The quantitative estimate of drug-likeness (QED) is 0.636. The summed E-state index contributed by atoms with van der Waals surface area (Å²) in [4.78, 5) is 30.0. The first-order valence-corrected chi connectivity index (χ1v) is 9.68. The van der Waals surface area contributed by atoms with Crippen LogP contribution in [0.2, 0.25) is 0 Å². The fraction of sp³-hybridized carbons (Fsp3) is 0.304. The number of aromatic nitrogens is 1. The molecule has 1 fully saturated rings. The van der Waals surface area contributed by atoms with Crippen molar-refractivity contribution in [3.8, 4) is 6.07 Å². The number of halogens is 3. The SMILES string of the molecule is C/C(=C\c1cnccc1C(=O)CCC(=O)N1CC(F)(F)C[C@H]1C#N)c1ccc(F)cc1. The Morgan fingerprint density at radius 1 is 1.26 bits per heavy atom. The fourth-order valence-electron chi connectivity index (χ4n) is 3.50. The van der Waals surface area contributed by atoms with Gasteiger partial charge in [0.15, 0.2) is 5.78 Å². The van der Waals surface area contributed by atoms with E-state index in [0.29, 0.717) is 11.1 Å². The Bertz CT molecular complexity index is 1060. The van der Waals surface area contributed by atoms with Gasteiger partial charge in [0.2, 0.25) is 5.91 Å². The lowest BCUT2D eigenvalue weighted by Crippen LogP contribution is -2.36. The van der Waals surface area contributed by atoms with E-state index in [1.165, 1.54) is 30.6 Å². The third-order valence-corrected chi connectivity index (χ3v) is 5.13. The monoisotopic (exact) mass is 427 g/mol. The standard InChI is InChI=1S/C23H20F3N3O2/c1-15(16-2-4-18(24)5-3-16)10-17-13-28-9-8-20(17)21(30)6-7-22(31)29-14-23(25,26)11-19(29)12-27/h2-5,8-10,13,19H,6-7,11,14H2,1H3/b15-10+/t19-/m0/s1. The highest BCUT2D eigenvalue weighted by Crippen LogP contribution is 2.32. The van der Waals surface area contributed by atoms with Gasteiger partial charge in [-0.1, -0.05) is 12.1 Å². The molecule has 0 bridgehead atoms. The number of carbonyl (C=O) groups excluding carboxylic acids is 2. The molecule has 1 aliphatic rings. The number of likely N-dealkylation sites (tertiary alicyclic amines) is 1. The van der Waals surface area contributed by atoms with Crippen molar-refractivity contribution in [3.05, 3.63) is 65.2 Å². The minimum atomic E-state index is -3.10. The number of benzene rings is 1. The minimum absolute atomic E-state index is 0.181. The highest BCUT2D eigenvalue weighted by Gasteiger charge is 2.47. The molecule has 0 radical (unpaired) electrons. The van der Waals surface area contributed by atoms with Crippen molar-refractivity contribution in [2.75, 3.05) is 6.54 Å². The summed E-state index contributed by atoms with van der Waals surface area (Å²) in [6, 6.07) is 7.98. The third kappa shape index (κ3) is 5.37. The predicted octanol–water partition coefficient (Wildman–Crippen LogP) is 4.50. The van der Waals surface area contributed by atoms with Crippen molar-refractivity contribution in [1.82, 2.24) is 9.88 Å². The maximum Gasteiger partial charge on any atom is 0.268 e. The summed E-state index contributed by atoms with van der Waals surface area (Å²) in [6.07, 6.45) is 3.56. The molecule has 1 aromatic heterocycles. The largest absolute Gasteiger partial charge is 0.320 e. The smallest absolute Gasteiger partial charge is 0.268 e. The molecule has 3 rings (SSSR count). The average Bonchev–Trinajstić information content (AvgIpc) is 3.07. The number of pyridine rings is 1. The first kappa shape index (κ1) is 22.2. The third-order valence-electron chi connectivity index (χ3n) is 5.13. The number of alkyl halides is 2. The van der Waals surface area contributed by atoms with Gasteiger partial charge in [-0.05, 0) is 42.3 Å². The lowest BCUT2D eigenvalue weighted by atomic mass is 9.98. The molecule has 0 unspecified atom stereocenters. The van der Waals surface area contributed by atoms with Crippen LogP contribution in [-0.4, -0.2) is 40.1 Å². The Morgan fingerprint density at radius 3 is 2.65 bits per heavy atom. The van der Waals surface area contributed by atoms with E-state index in [1.807, 2.05) is 6.92 Å². The summed E-state index contributed by atoms with van der Waals surface area (Å²) >= 11 is 0. The molecule has 0 spiro atoms. The second kappa shape index (κ2) is 9.13. The second-order valence-electron chi connectivity index (χ2n) is 7.45. The highest BCUT2D eigenvalue weighted by molar-refractivity contribution is 6.02. The summed E-state index contributed by atoms with van der Waals surface area (Å²) in [6.45, 7) is 1.01. The van der Waals surface area contributed by atoms with Gasteiger partial charge in [0.1, 0.15) is 11.9 Å². The molecule has 5 nitrogen and oxygen atoms in total. The Kier molecular flexibility index (Phi) is 6.54. The molecule has 0 N–H and O–H groups in total. The predicted molar refractivity (Wildman–Crippen MR) is 108 cm³/mol. The van der Waals surface area contributed by atoms with Crippen LogP contribution in [0.1, 0.15) is 47.7 Å². The van der Waals surface area contributed by atoms with Gasteiger partial charge in [-0.25, -0.2) is 13.2 Å². The Balaban J connectivity index is 1.72. The van der Waals surface area contributed by atoms with E-state index < -0.39 is 30.8 Å². The van der Waals surface area contributed by atoms with Crippen LogP contribution in [0, 0.1) is 17.1 Å². The zero-order valence-electron chi connectivity index (χ0n) is 16.8. The minimum Gasteiger partial charge on any atom is -0.320 e. The molecule has 2 aromatic rings. The lowest BCUT2D eigenvalue weighted by molar-refractivity contribution is -0.132. The summed E-state index contributed by atoms with van der Waals surface area (Å²) in [7, 11) is 0. The maximum atomic E-state index is 13.5. The Hall–Kier alpha value is -3.47. The molecule has 8 heteroatoms. The molecular formula is C23H20F3N3O2. The summed E-state index contributed by atoms with van der Waals surface area (Å²) < 4.78 is 40.2. The van der Waals surface area contributed by atoms with Crippen molar-refractivity contribution in [2.24, 2.45) is 0 Å². The molecule has 1 aromatic carbocycles. The number of amides is 1. The lowest BCUT2D eigenvalue weighted by Gasteiger charge is -2.18. The number of Topliss-reactive ketones (excluding diaryl/α,β-unsaturated/α-hetero) is 1. The van der Waals surface area contributed by atoms with Crippen molar-refractivity contribution < 1.29 is 22.8 Å². The van der Waals surface area contributed by atoms with E-state index in [4.69, 9.17) is 5.26 Å². The topological polar surface area (TPSA) is 74.1 Å². The van der Waals surface area contributed by atoms with Gasteiger partial charge in [0, 0.05) is 42.8 Å². The first-order valence-electron chi connectivity index (χ1n) is 9.68. The van der Waals surface area contributed by atoms with Crippen molar-refractivity contribution in [2.45, 2.75) is 38.2 Å². The zero-order chi connectivity index (χ0) is 22.6. The number of rotatable bonds is 6. The van der Waals surface area contributed by atoms with Gasteiger partial charge in [-0.15, -0.1) is 0 Å². The summed E-state index contributed by atoms with van der Waals surface area (Å²) in [5.74, 6) is -4.44. The molecule has 31 heavy (non-hydrogen) atoms. The zero-order valence-corrected chi connectivity index (χ0v) is 16.8. The molecule has 1 amide bonds. The van der Waals surface area contributed by atoms with Crippen LogP contribution in [-0.2, 0) is 4.79 Å². The first-order chi connectivity index (χ1) is 14.7. The van der Waals surface area contributed by atoms with Gasteiger partial charge in [-0.2, -0.15) is 5.26 Å². The van der Waals surface area contributed by atoms with E-state index >= 15 is 0 Å².